The van der Waals surface area contributed by atoms with Crippen LogP contribution in [-0.2, 0) is 16.0 Å². The SMILES string of the molecule is O=C(Nc1cccc(F)c1)[C@@H]1CSCN1C(=O)Cc1ccoc1. The highest BCUT2D eigenvalue weighted by Gasteiger charge is 2.34. The summed E-state index contributed by atoms with van der Waals surface area (Å²) in [5.74, 6) is 0.143. The molecule has 23 heavy (non-hydrogen) atoms. The van der Waals surface area contributed by atoms with Crippen molar-refractivity contribution >= 4 is 29.3 Å². The third-order valence-electron chi connectivity index (χ3n) is 3.53. The van der Waals surface area contributed by atoms with Gasteiger partial charge in [0.2, 0.25) is 11.8 Å². The van der Waals surface area contributed by atoms with Gasteiger partial charge in [0.25, 0.3) is 0 Å². The zero-order valence-electron chi connectivity index (χ0n) is 12.2. The lowest BCUT2D eigenvalue weighted by atomic mass is 10.2. The van der Waals surface area contributed by atoms with Crippen molar-refractivity contribution in [3.8, 4) is 0 Å². The monoisotopic (exact) mass is 334 g/mol. The summed E-state index contributed by atoms with van der Waals surface area (Å²) in [4.78, 5) is 26.3. The van der Waals surface area contributed by atoms with Gasteiger partial charge in [0.05, 0.1) is 24.8 Å². The summed E-state index contributed by atoms with van der Waals surface area (Å²) >= 11 is 1.52. The van der Waals surface area contributed by atoms with Gasteiger partial charge in [-0.3, -0.25) is 9.59 Å². The molecule has 0 saturated carbocycles. The van der Waals surface area contributed by atoms with Crippen LogP contribution in [-0.4, -0.2) is 34.4 Å². The Morgan fingerprint density at radius 1 is 1.39 bits per heavy atom. The van der Waals surface area contributed by atoms with Gasteiger partial charge in [-0.15, -0.1) is 11.8 Å². The highest BCUT2D eigenvalue weighted by molar-refractivity contribution is 7.99. The number of hydrogen-bond acceptors (Lipinski definition) is 4. The maximum Gasteiger partial charge on any atom is 0.248 e. The lowest BCUT2D eigenvalue weighted by Gasteiger charge is -2.23. The quantitative estimate of drug-likeness (QED) is 0.933. The molecule has 0 bridgehead atoms. The van der Waals surface area contributed by atoms with Gasteiger partial charge in [-0.2, -0.15) is 0 Å². The summed E-state index contributed by atoms with van der Waals surface area (Å²) < 4.78 is 18.1. The maximum absolute atomic E-state index is 13.2. The zero-order chi connectivity index (χ0) is 16.2. The average Bonchev–Trinajstić information content (AvgIpc) is 3.18. The largest absolute Gasteiger partial charge is 0.472 e. The van der Waals surface area contributed by atoms with Gasteiger partial charge in [0.1, 0.15) is 11.9 Å². The van der Waals surface area contributed by atoms with Crippen LogP contribution in [0.2, 0.25) is 0 Å². The molecule has 1 N–H and O–H groups in total. The first kappa shape index (κ1) is 15.6. The number of amides is 2. The molecule has 1 atom stereocenters. The Kier molecular flexibility index (Phi) is 4.66. The van der Waals surface area contributed by atoms with Crippen LogP contribution in [0, 0.1) is 5.82 Å². The molecule has 2 amide bonds. The molecule has 0 spiro atoms. The summed E-state index contributed by atoms with van der Waals surface area (Å²) in [7, 11) is 0. The smallest absolute Gasteiger partial charge is 0.248 e. The van der Waals surface area contributed by atoms with Crippen LogP contribution in [0.25, 0.3) is 0 Å². The van der Waals surface area contributed by atoms with E-state index in [9.17, 15) is 14.0 Å². The Bertz CT molecular complexity index is 705. The number of anilines is 1. The van der Waals surface area contributed by atoms with Crippen molar-refractivity contribution in [1.82, 2.24) is 4.90 Å². The van der Waals surface area contributed by atoms with E-state index >= 15 is 0 Å². The van der Waals surface area contributed by atoms with Gasteiger partial charge >= 0.3 is 0 Å². The van der Waals surface area contributed by atoms with Crippen LogP contribution >= 0.6 is 11.8 Å². The zero-order valence-corrected chi connectivity index (χ0v) is 13.0. The summed E-state index contributed by atoms with van der Waals surface area (Å²) in [6, 6.07) is 6.86. The summed E-state index contributed by atoms with van der Waals surface area (Å²) in [6.07, 6.45) is 3.22. The normalized spacial score (nSPS) is 17.3. The van der Waals surface area contributed by atoms with Crippen LogP contribution in [0.3, 0.4) is 0 Å². The molecule has 1 aliphatic heterocycles. The van der Waals surface area contributed by atoms with Gasteiger partial charge in [0, 0.05) is 11.4 Å². The summed E-state index contributed by atoms with van der Waals surface area (Å²) in [6.45, 7) is 0. The van der Waals surface area contributed by atoms with Crippen LogP contribution in [0.5, 0.6) is 0 Å². The van der Waals surface area contributed by atoms with Crippen LogP contribution in [0.4, 0.5) is 10.1 Å². The number of nitrogens with zero attached hydrogens (tertiary/aromatic N) is 1. The molecule has 1 aliphatic rings. The van der Waals surface area contributed by atoms with Crippen LogP contribution < -0.4 is 5.32 Å². The number of carbonyl (C=O) groups excluding carboxylic acids is 2. The standard InChI is InChI=1S/C16H15FN2O3S/c17-12-2-1-3-13(7-12)18-16(21)14-9-23-10-19(14)15(20)6-11-4-5-22-8-11/h1-5,7-8,14H,6,9-10H2,(H,18,21)/t14-/m0/s1. The highest BCUT2D eigenvalue weighted by atomic mass is 32.2. The van der Waals surface area contributed by atoms with Crippen molar-refractivity contribution in [3.63, 3.8) is 0 Å². The molecule has 0 aliphatic carbocycles. The first-order chi connectivity index (χ1) is 11.1. The van der Waals surface area contributed by atoms with Crippen LogP contribution in [0.1, 0.15) is 5.56 Å². The molecule has 0 unspecified atom stereocenters. The lowest BCUT2D eigenvalue weighted by molar-refractivity contribution is -0.135. The summed E-state index contributed by atoms with van der Waals surface area (Å²) in [5.41, 5.74) is 1.16. The van der Waals surface area contributed by atoms with Gasteiger partial charge in [0.15, 0.2) is 0 Å². The number of benzene rings is 1. The van der Waals surface area contributed by atoms with Gasteiger partial charge in [-0.25, -0.2) is 4.39 Å². The molecule has 1 fully saturated rings. The lowest BCUT2D eigenvalue weighted by Crippen LogP contribution is -2.45. The number of hydrogen-bond donors (Lipinski definition) is 1. The molecule has 2 heterocycles. The molecule has 1 aromatic heterocycles. The second-order valence-corrected chi connectivity index (χ2v) is 6.19. The molecule has 1 aromatic carbocycles. The van der Waals surface area contributed by atoms with E-state index in [0.29, 0.717) is 17.3 Å². The minimum absolute atomic E-state index is 0.129. The average molecular weight is 334 g/mol. The fourth-order valence-corrected chi connectivity index (χ4v) is 3.55. The Morgan fingerprint density at radius 2 is 2.26 bits per heavy atom. The van der Waals surface area contributed by atoms with Crippen molar-refractivity contribution in [2.24, 2.45) is 0 Å². The Hall–Kier alpha value is -2.28. The fraction of sp³-hybridized carbons (Fsp3) is 0.250. The Balaban J connectivity index is 1.66. The number of thioether (sulfide) groups is 1. The molecule has 3 rings (SSSR count). The van der Waals surface area contributed by atoms with E-state index in [4.69, 9.17) is 4.42 Å². The molecular weight excluding hydrogens is 319 g/mol. The Morgan fingerprint density at radius 3 is 3.00 bits per heavy atom. The topological polar surface area (TPSA) is 62.6 Å². The maximum atomic E-state index is 13.2. The van der Waals surface area contributed by atoms with E-state index in [2.05, 4.69) is 5.32 Å². The number of furan rings is 1. The minimum atomic E-state index is -0.553. The predicted molar refractivity (Wildman–Crippen MR) is 85.4 cm³/mol. The van der Waals surface area contributed by atoms with E-state index in [1.54, 1.807) is 17.0 Å². The van der Waals surface area contributed by atoms with Crippen molar-refractivity contribution in [1.29, 1.82) is 0 Å². The highest BCUT2D eigenvalue weighted by Crippen LogP contribution is 2.23. The number of nitrogens with one attached hydrogen (secondary N) is 1. The van der Waals surface area contributed by atoms with Gasteiger partial charge < -0.3 is 14.6 Å². The molecule has 7 heteroatoms. The number of carbonyl (C=O) groups is 2. The molecular formula is C16H15FN2O3S. The van der Waals surface area contributed by atoms with Crippen LogP contribution in [0.15, 0.2) is 47.3 Å². The number of halogens is 1. The number of rotatable bonds is 4. The van der Waals surface area contributed by atoms with E-state index in [1.165, 1.54) is 42.5 Å². The van der Waals surface area contributed by atoms with Crippen molar-refractivity contribution < 1.29 is 18.4 Å². The van der Waals surface area contributed by atoms with Crippen molar-refractivity contribution in [3.05, 3.63) is 54.2 Å². The first-order valence-corrected chi connectivity index (χ1v) is 8.23. The van der Waals surface area contributed by atoms with Crippen molar-refractivity contribution in [2.75, 3.05) is 16.9 Å². The molecule has 0 radical (unpaired) electrons. The molecule has 2 aromatic rings. The third kappa shape index (κ3) is 3.73. The van der Waals surface area contributed by atoms with Gasteiger partial charge in [-0.1, -0.05) is 6.07 Å². The molecule has 1 saturated heterocycles. The van der Waals surface area contributed by atoms with E-state index < -0.39 is 11.9 Å². The molecule has 120 valence electrons. The van der Waals surface area contributed by atoms with Crippen molar-refractivity contribution in [2.45, 2.75) is 12.5 Å². The van der Waals surface area contributed by atoms with E-state index in [1.807, 2.05) is 0 Å². The minimum Gasteiger partial charge on any atom is -0.472 e. The predicted octanol–water partition coefficient (Wildman–Crippen LogP) is 2.50. The second-order valence-electron chi connectivity index (χ2n) is 5.19. The summed E-state index contributed by atoms with van der Waals surface area (Å²) in [5, 5.41) is 2.66. The fourth-order valence-electron chi connectivity index (χ4n) is 2.37. The first-order valence-electron chi connectivity index (χ1n) is 7.08. The third-order valence-corrected chi connectivity index (χ3v) is 4.55. The van der Waals surface area contributed by atoms with E-state index in [-0.39, 0.29) is 18.2 Å². The second kappa shape index (κ2) is 6.87. The molecule has 5 nitrogen and oxygen atoms in total. The Labute approximate surface area is 136 Å². The van der Waals surface area contributed by atoms with Gasteiger partial charge in [-0.05, 0) is 29.8 Å². The van der Waals surface area contributed by atoms with E-state index in [0.717, 1.165) is 5.56 Å².